The van der Waals surface area contributed by atoms with Crippen molar-refractivity contribution in [2.75, 3.05) is 26.2 Å². The Morgan fingerprint density at radius 3 is 2.47 bits per heavy atom. The van der Waals surface area contributed by atoms with Gasteiger partial charge in [-0.1, -0.05) is 13.3 Å². The number of ether oxygens (including phenoxy) is 1. The van der Waals surface area contributed by atoms with Crippen LogP contribution in [0.25, 0.3) is 0 Å². The van der Waals surface area contributed by atoms with Gasteiger partial charge in [0, 0.05) is 13.1 Å². The number of esters is 1. The summed E-state index contributed by atoms with van der Waals surface area (Å²) in [5.41, 5.74) is 0. The van der Waals surface area contributed by atoms with Gasteiger partial charge < -0.3 is 9.64 Å². The number of hydrogen-bond donors (Lipinski definition) is 1. The predicted molar refractivity (Wildman–Crippen MR) is 73.8 cm³/mol. The number of amides is 1. The SMILES string of the molecule is CCCC(NCC(=O)N1CCCCC1)C(=O)OCC. The quantitative estimate of drug-likeness (QED) is 0.709. The molecule has 0 aliphatic carbocycles. The zero-order valence-corrected chi connectivity index (χ0v) is 12.1. The highest BCUT2D eigenvalue weighted by atomic mass is 16.5. The van der Waals surface area contributed by atoms with E-state index in [0.29, 0.717) is 13.0 Å². The number of rotatable bonds is 7. The third-order valence-corrected chi connectivity index (χ3v) is 3.36. The summed E-state index contributed by atoms with van der Waals surface area (Å²) in [4.78, 5) is 25.6. The second kappa shape index (κ2) is 8.91. The van der Waals surface area contributed by atoms with Crippen molar-refractivity contribution >= 4 is 11.9 Å². The molecule has 0 saturated carbocycles. The molecule has 1 atom stereocenters. The molecular weight excluding hydrogens is 244 g/mol. The second-order valence-corrected chi connectivity index (χ2v) is 4.92. The summed E-state index contributed by atoms with van der Waals surface area (Å²) in [5, 5.41) is 3.04. The molecule has 0 radical (unpaired) electrons. The Balaban J connectivity index is 2.37. The minimum Gasteiger partial charge on any atom is -0.465 e. The minimum atomic E-state index is -0.362. The average molecular weight is 270 g/mol. The lowest BCUT2D eigenvalue weighted by molar-refractivity contribution is -0.146. The lowest BCUT2D eigenvalue weighted by Crippen LogP contribution is -2.46. The molecule has 110 valence electrons. The number of piperidine rings is 1. The second-order valence-electron chi connectivity index (χ2n) is 4.92. The fraction of sp³-hybridized carbons (Fsp3) is 0.857. The lowest BCUT2D eigenvalue weighted by atomic mass is 10.1. The van der Waals surface area contributed by atoms with Crippen LogP contribution in [0.5, 0.6) is 0 Å². The van der Waals surface area contributed by atoms with Crippen LogP contribution in [0.3, 0.4) is 0 Å². The first-order valence-corrected chi connectivity index (χ1v) is 7.36. The van der Waals surface area contributed by atoms with E-state index < -0.39 is 0 Å². The average Bonchev–Trinajstić information content (AvgIpc) is 2.44. The summed E-state index contributed by atoms with van der Waals surface area (Å²) in [6, 6.07) is -0.362. The molecule has 1 rings (SSSR count). The van der Waals surface area contributed by atoms with Gasteiger partial charge in [0.1, 0.15) is 6.04 Å². The molecule has 0 aromatic rings. The maximum Gasteiger partial charge on any atom is 0.323 e. The standard InChI is InChI=1S/C14H26N2O3/c1-3-8-12(14(18)19-4-2)15-11-13(17)16-9-6-5-7-10-16/h12,15H,3-11H2,1-2H3. The van der Waals surface area contributed by atoms with Gasteiger partial charge in [-0.3, -0.25) is 14.9 Å². The summed E-state index contributed by atoms with van der Waals surface area (Å²) < 4.78 is 5.01. The highest BCUT2D eigenvalue weighted by Gasteiger charge is 2.21. The molecule has 1 saturated heterocycles. The molecule has 1 N–H and O–H groups in total. The minimum absolute atomic E-state index is 0.0881. The Hall–Kier alpha value is -1.10. The third kappa shape index (κ3) is 5.59. The Morgan fingerprint density at radius 2 is 1.89 bits per heavy atom. The molecule has 5 heteroatoms. The fourth-order valence-electron chi connectivity index (χ4n) is 2.30. The summed E-state index contributed by atoms with van der Waals surface area (Å²) in [5.74, 6) is -0.166. The first-order valence-electron chi connectivity index (χ1n) is 7.36. The normalized spacial score (nSPS) is 17.1. The van der Waals surface area contributed by atoms with Crippen LogP contribution in [-0.2, 0) is 14.3 Å². The van der Waals surface area contributed by atoms with E-state index in [0.717, 1.165) is 32.4 Å². The molecule has 0 bridgehead atoms. The van der Waals surface area contributed by atoms with E-state index >= 15 is 0 Å². The maximum atomic E-state index is 12.0. The summed E-state index contributed by atoms with van der Waals surface area (Å²) >= 11 is 0. The van der Waals surface area contributed by atoms with Gasteiger partial charge in [-0.2, -0.15) is 0 Å². The van der Waals surface area contributed by atoms with Crippen molar-refractivity contribution in [1.82, 2.24) is 10.2 Å². The molecule has 0 aromatic carbocycles. The fourth-order valence-corrected chi connectivity index (χ4v) is 2.30. The van der Waals surface area contributed by atoms with Gasteiger partial charge in [-0.15, -0.1) is 0 Å². The number of carbonyl (C=O) groups is 2. The molecule has 19 heavy (non-hydrogen) atoms. The van der Waals surface area contributed by atoms with Crippen molar-refractivity contribution in [1.29, 1.82) is 0 Å². The first kappa shape index (κ1) is 16.0. The highest BCUT2D eigenvalue weighted by molar-refractivity contribution is 5.80. The Labute approximate surface area is 115 Å². The van der Waals surface area contributed by atoms with Crippen molar-refractivity contribution in [2.24, 2.45) is 0 Å². The molecule has 1 aliphatic heterocycles. The Bertz CT molecular complexity index is 288. The van der Waals surface area contributed by atoms with Gasteiger partial charge in [0.15, 0.2) is 0 Å². The van der Waals surface area contributed by atoms with Gasteiger partial charge >= 0.3 is 5.97 Å². The molecule has 0 aromatic heterocycles. The first-order chi connectivity index (χ1) is 9.19. The lowest BCUT2D eigenvalue weighted by Gasteiger charge is -2.27. The Kier molecular flexibility index (Phi) is 7.48. The molecule has 1 fully saturated rings. The van der Waals surface area contributed by atoms with Crippen LogP contribution in [0.4, 0.5) is 0 Å². The van der Waals surface area contributed by atoms with Crippen molar-refractivity contribution in [2.45, 2.75) is 52.0 Å². The van der Waals surface area contributed by atoms with Gasteiger partial charge in [0.2, 0.25) is 5.91 Å². The zero-order valence-electron chi connectivity index (χ0n) is 12.1. The number of nitrogens with one attached hydrogen (secondary N) is 1. The van der Waals surface area contributed by atoms with E-state index in [1.807, 2.05) is 11.8 Å². The van der Waals surface area contributed by atoms with Crippen LogP contribution in [0, 0.1) is 0 Å². The van der Waals surface area contributed by atoms with E-state index in [4.69, 9.17) is 4.74 Å². The summed E-state index contributed by atoms with van der Waals surface area (Å²) in [6.07, 6.45) is 4.96. The number of likely N-dealkylation sites (tertiary alicyclic amines) is 1. The van der Waals surface area contributed by atoms with E-state index in [-0.39, 0.29) is 24.5 Å². The molecule has 1 amide bonds. The summed E-state index contributed by atoms with van der Waals surface area (Å²) in [6.45, 7) is 6.10. The molecule has 1 heterocycles. The number of hydrogen-bond acceptors (Lipinski definition) is 4. The molecular formula is C14H26N2O3. The Morgan fingerprint density at radius 1 is 1.21 bits per heavy atom. The van der Waals surface area contributed by atoms with Crippen LogP contribution in [0.15, 0.2) is 0 Å². The van der Waals surface area contributed by atoms with Crippen molar-refractivity contribution in [3.8, 4) is 0 Å². The third-order valence-electron chi connectivity index (χ3n) is 3.36. The molecule has 0 spiro atoms. The monoisotopic (exact) mass is 270 g/mol. The van der Waals surface area contributed by atoms with Crippen molar-refractivity contribution < 1.29 is 14.3 Å². The molecule has 1 aliphatic rings. The topological polar surface area (TPSA) is 58.6 Å². The van der Waals surface area contributed by atoms with Crippen LogP contribution in [0.1, 0.15) is 46.0 Å². The smallest absolute Gasteiger partial charge is 0.323 e. The zero-order chi connectivity index (χ0) is 14.1. The number of nitrogens with zero attached hydrogens (tertiary/aromatic N) is 1. The van der Waals surface area contributed by atoms with Gasteiger partial charge in [-0.05, 0) is 32.6 Å². The van der Waals surface area contributed by atoms with E-state index in [1.165, 1.54) is 6.42 Å². The van der Waals surface area contributed by atoms with E-state index in [1.54, 1.807) is 6.92 Å². The van der Waals surface area contributed by atoms with Crippen LogP contribution < -0.4 is 5.32 Å². The molecule has 1 unspecified atom stereocenters. The largest absolute Gasteiger partial charge is 0.465 e. The van der Waals surface area contributed by atoms with Crippen LogP contribution in [-0.4, -0.2) is 49.1 Å². The predicted octanol–water partition coefficient (Wildman–Crippen LogP) is 1.32. The molecule has 5 nitrogen and oxygen atoms in total. The van der Waals surface area contributed by atoms with Crippen molar-refractivity contribution in [3.05, 3.63) is 0 Å². The number of carbonyl (C=O) groups excluding carboxylic acids is 2. The van der Waals surface area contributed by atoms with E-state index in [9.17, 15) is 9.59 Å². The summed E-state index contributed by atoms with van der Waals surface area (Å²) in [7, 11) is 0. The van der Waals surface area contributed by atoms with Crippen LogP contribution >= 0.6 is 0 Å². The highest BCUT2D eigenvalue weighted by Crippen LogP contribution is 2.08. The maximum absolute atomic E-state index is 12.0. The van der Waals surface area contributed by atoms with Gasteiger partial charge in [0.05, 0.1) is 13.2 Å². The van der Waals surface area contributed by atoms with Crippen LogP contribution in [0.2, 0.25) is 0 Å². The van der Waals surface area contributed by atoms with Gasteiger partial charge in [-0.25, -0.2) is 0 Å². The van der Waals surface area contributed by atoms with Gasteiger partial charge in [0.25, 0.3) is 0 Å². The van der Waals surface area contributed by atoms with E-state index in [2.05, 4.69) is 5.32 Å². The van der Waals surface area contributed by atoms with Crippen molar-refractivity contribution in [3.63, 3.8) is 0 Å².